The molecule has 110 valence electrons. The molecule has 1 aromatic heterocycles. The molecule has 0 radical (unpaired) electrons. The zero-order valence-corrected chi connectivity index (χ0v) is 12.4. The quantitative estimate of drug-likeness (QED) is 0.757. The lowest BCUT2D eigenvalue weighted by Gasteiger charge is -2.11. The number of carboxylic acids is 1. The topological polar surface area (TPSA) is 53.1 Å². The number of benzene rings is 2. The Morgan fingerprint density at radius 1 is 1.09 bits per heavy atom. The Morgan fingerprint density at radius 3 is 2.41 bits per heavy atom. The summed E-state index contributed by atoms with van der Waals surface area (Å²) in [5, 5.41) is 10.6. The van der Waals surface area contributed by atoms with E-state index in [4.69, 9.17) is 0 Å². The van der Waals surface area contributed by atoms with Crippen molar-refractivity contribution in [2.75, 3.05) is 0 Å². The van der Waals surface area contributed by atoms with Gasteiger partial charge >= 0.3 is 5.97 Å². The number of nitrogens with one attached hydrogen (secondary N) is 1. The van der Waals surface area contributed by atoms with E-state index in [1.807, 2.05) is 36.4 Å². The summed E-state index contributed by atoms with van der Waals surface area (Å²) < 4.78 is 0. The normalized spacial score (nSPS) is 15.9. The smallest absolute Gasteiger partial charge is 0.314 e. The molecule has 2 aromatic carbocycles. The van der Waals surface area contributed by atoms with Gasteiger partial charge in [0.2, 0.25) is 0 Å². The number of H-pyrrole nitrogens is 1. The van der Waals surface area contributed by atoms with Crippen LogP contribution >= 0.6 is 0 Å². The Bertz CT molecular complexity index is 870. The lowest BCUT2D eigenvalue weighted by Crippen LogP contribution is -2.19. The number of para-hydroxylation sites is 1. The molecule has 0 aliphatic heterocycles. The van der Waals surface area contributed by atoms with Crippen molar-refractivity contribution in [3.05, 3.63) is 59.8 Å². The van der Waals surface area contributed by atoms with Crippen molar-refractivity contribution in [2.45, 2.75) is 25.2 Å². The van der Waals surface area contributed by atoms with Crippen molar-refractivity contribution < 1.29 is 9.90 Å². The van der Waals surface area contributed by atoms with E-state index < -0.39 is 11.4 Å². The molecule has 0 atom stereocenters. The molecule has 1 saturated carbocycles. The summed E-state index contributed by atoms with van der Waals surface area (Å²) in [6.45, 7) is 2.07. The van der Waals surface area contributed by atoms with Crippen molar-refractivity contribution in [3.8, 4) is 11.1 Å². The Kier molecular flexibility index (Phi) is 2.67. The van der Waals surface area contributed by atoms with Crippen LogP contribution in [0, 0.1) is 6.92 Å². The summed E-state index contributed by atoms with van der Waals surface area (Å²) in [7, 11) is 0. The van der Waals surface area contributed by atoms with E-state index in [9.17, 15) is 9.90 Å². The van der Waals surface area contributed by atoms with Gasteiger partial charge in [0.25, 0.3) is 0 Å². The third kappa shape index (κ3) is 1.78. The summed E-state index contributed by atoms with van der Waals surface area (Å²) in [6, 6.07) is 16.3. The zero-order chi connectivity index (χ0) is 15.3. The molecular weight excluding hydrogens is 274 g/mol. The minimum atomic E-state index is -0.705. The number of hydrogen-bond acceptors (Lipinski definition) is 1. The van der Waals surface area contributed by atoms with Crippen molar-refractivity contribution >= 4 is 16.9 Å². The van der Waals surface area contributed by atoms with E-state index in [0.717, 1.165) is 35.2 Å². The van der Waals surface area contributed by atoms with Crippen LogP contribution < -0.4 is 0 Å². The number of carbonyl (C=O) groups is 1. The molecule has 0 bridgehead atoms. The van der Waals surface area contributed by atoms with E-state index >= 15 is 0 Å². The van der Waals surface area contributed by atoms with Crippen LogP contribution in [-0.2, 0) is 10.2 Å². The second kappa shape index (κ2) is 4.47. The lowest BCUT2D eigenvalue weighted by atomic mass is 9.93. The summed E-state index contributed by atoms with van der Waals surface area (Å²) in [5.74, 6) is -0.705. The lowest BCUT2D eigenvalue weighted by molar-refractivity contribution is -0.140. The number of fused-ring (bicyclic) bond motifs is 1. The van der Waals surface area contributed by atoms with Crippen LogP contribution in [0.1, 0.15) is 24.1 Å². The number of rotatable bonds is 3. The summed E-state index contributed by atoms with van der Waals surface area (Å²) in [4.78, 5) is 14.8. The molecule has 1 fully saturated rings. The average molecular weight is 291 g/mol. The SMILES string of the molecule is Cc1[nH]c2ccccc2c1-c1ccc(C2(C(=O)O)CC2)cc1. The molecule has 0 spiro atoms. The van der Waals surface area contributed by atoms with Gasteiger partial charge in [0.1, 0.15) is 0 Å². The fraction of sp³-hybridized carbons (Fsp3) is 0.211. The predicted octanol–water partition coefficient (Wildman–Crippen LogP) is 4.26. The molecule has 0 unspecified atom stereocenters. The number of carboxylic acid groups (broad SMARTS) is 1. The van der Waals surface area contributed by atoms with Gasteiger partial charge in [-0.15, -0.1) is 0 Å². The van der Waals surface area contributed by atoms with Crippen LogP contribution in [0.2, 0.25) is 0 Å². The number of hydrogen-bond donors (Lipinski definition) is 2. The van der Waals surface area contributed by atoms with Crippen molar-refractivity contribution in [2.24, 2.45) is 0 Å². The van der Waals surface area contributed by atoms with Gasteiger partial charge in [0, 0.05) is 22.2 Å². The number of aliphatic carboxylic acids is 1. The predicted molar refractivity (Wildman–Crippen MR) is 87.0 cm³/mol. The Balaban J connectivity index is 1.80. The summed E-state index contributed by atoms with van der Waals surface area (Å²) >= 11 is 0. The van der Waals surface area contributed by atoms with Gasteiger partial charge < -0.3 is 10.1 Å². The highest BCUT2D eigenvalue weighted by Crippen LogP contribution is 2.48. The minimum absolute atomic E-state index is 0.631. The number of aromatic amines is 1. The molecule has 1 aliphatic carbocycles. The first-order chi connectivity index (χ1) is 10.6. The molecule has 1 heterocycles. The molecule has 22 heavy (non-hydrogen) atoms. The highest BCUT2D eigenvalue weighted by molar-refractivity contribution is 5.97. The van der Waals surface area contributed by atoms with Crippen LogP contribution in [-0.4, -0.2) is 16.1 Å². The third-order valence-corrected chi connectivity index (χ3v) is 4.78. The molecule has 3 nitrogen and oxygen atoms in total. The van der Waals surface area contributed by atoms with Crippen LogP contribution in [0.4, 0.5) is 0 Å². The van der Waals surface area contributed by atoms with Gasteiger partial charge in [0.15, 0.2) is 0 Å². The van der Waals surface area contributed by atoms with Gasteiger partial charge in [-0.1, -0.05) is 42.5 Å². The van der Waals surface area contributed by atoms with E-state index in [2.05, 4.69) is 24.0 Å². The molecular formula is C19H17NO2. The molecule has 1 aliphatic rings. The first-order valence-corrected chi connectivity index (χ1v) is 7.53. The van der Waals surface area contributed by atoms with Crippen molar-refractivity contribution in [3.63, 3.8) is 0 Å². The van der Waals surface area contributed by atoms with E-state index in [0.29, 0.717) is 0 Å². The third-order valence-electron chi connectivity index (χ3n) is 4.78. The van der Waals surface area contributed by atoms with E-state index in [1.165, 1.54) is 10.9 Å². The summed E-state index contributed by atoms with van der Waals surface area (Å²) in [5.41, 5.74) is 4.87. The zero-order valence-electron chi connectivity index (χ0n) is 12.4. The van der Waals surface area contributed by atoms with Gasteiger partial charge in [-0.25, -0.2) is 0 Å². The molecule has 0 amide bonds. The van der Waals surface area contributed by atoms with E-state index in [1.54, 1.807) is 0 Å². The Hall–Kier alpha value is -2.55. The average Bonchev–Trinajstić information content (AvgIpc) is 3.26. The maximum Gasteiger partial charge on any atom is 0.314 e. The van der Waals surface area contributed by atoms with Gasteiger partial charge in [0.05, 0.1) is 5.41 Å². The standard InChI is InChI=1S/C19H17NO2/c1-12-17(15-4-2-3-5-16(15)20-12)13-6-8-14(9-7-13)19(10-11-19)18(21)22/h2-9,20H,10-11H2,1H3,(H,21,22). The number of aromatic nitrogens is 1. The molecule has 0 saturated heterocycles. The fourth-order valence-corrected chi connectivity index (χ4v) is 3.36. The number of aryl methyl sites for hydroxylation is 1. The highest BCUT2D eigenvalue weighted by atomic mass is 16.4. The monoisotopic (exact) mass is 291 g/mol. The summed E-state index contributed by atoms with van der Waals surface area (Å²) in [6.07, 6.45) is 1.49. The van der Waals surface area contributed by atoms with Crippen LogP contribution in [0.5, 0.6) is 0 Å². The van der Waals surface area contributed by atoms with Gasteiger partial charge in [-0.2, -0.15) is 0 Å². The first kappa shape index (κ1) is 13.1. The maximum absolute atomic E-state index is 11.4. The highest BCUT2D eigenvalue weighted by Gasteiger charge is 2.51. The fourth-order valence-electron chi connectivity index (χ4n) is 3.36. The molecule has 3 aromatic rings. The van der Waals surface area contributed by atoms with Gasteiger partial charge in [-0.3, -0.25) is 4.79 Å². The first-order valence-electron chi connectivity index (χ1n) is 7.53. The Morgan fingerprint density at radius 2 is 1.77 bits per heavy atom. The largest absolute Gasteiger partial charge is 0.481 e. The van der Waals surface area contributed by atoms with Crippen LogP contribution in [0.15, 0.2) is 48.5 Å². The molecule has 3 heteroatoms. The van der Waals surface area contributed by atoms with Gasteiger partial charge in [-0.05, 0) is 37.0 Å². The second-order valence-electron chi connectivity index (χ2n) is 6.14. The van der Waals surface area contributed by atoms with Crippen molar-refractivity contribution in [1.82, 2.24) is 4.98 Å². The van der Waals surface area contributed by atoms with E-state index in [-0.39, 0.29) is 0 Å². The minimum Gasteiger partial charge on any atom is -0.481 e. The maximum atomic E-state index is 11.4. The van der Waals surface area contributed by atoms with Crippen LogP contribution in [0.25, 0.3) is 22.0 Å². The second-order valence-corrected chi connectivity index (χ2v) is 6.14. The van der Waals surface area contributed by atoms with Crippen molar-refractivity contribution in [1.29, 1.82) is 0 Å². The molecule has 2 N–H and O–H groups in total. The Labute approximate surface area is 128 Å². The molecule has 4 rings (SSSR count). The van der Waals surface area contributed by atoms with Crippen LogP contribution in [0.3, 0.4) is 0 Å².